The molecule has 1 rings (SSSR count). The van der Waals surface area contributed by atoms with Gasteiger partial charge in [-0.25, -0.2) is 4.79 Å². The molecule has 0 saturated carbocycles. The number of ether oxygens (including phenoxy) is 2. The van der Waals surface area contributed by atoms with E-state index in [2.05, 4.69) is 4.74 Å². The Morgan fingerprint density at radius 2 is 2.05 bits per heavy atom. The highest BCUT2D eigenvalue weighted by atomic mass is 16.5. The SMILES string of the molecule is CCOc1ccc(C(O)C(=O)O)cc1CCC(=O)OC. The van der Waals surface area contributed by atoms with Crippen LogP contribution in [0, 0.1) is 0 Å². The molecule has 0 aliphatic carbocycles. The van der Waals surface area contributed by atoms with Crippen LogP contribution in [0.2, 0.25) is 0 Å². The number of esters is 1. The minimum atomic E-state index is -1.59. The summed E-state index contributed by atoms with van der Waals surface area (Å²) in [5.74, 6) is -1.12. The number of methoxy groups -OCH3 is 1. The number of carbonyl (C=O) groups is 2. The Balaban J connectivity index is 2.98. The summed E-state index contributed by atoms with van der Waals surface area (Å²) in [5.41, 5.74) is 0.913. The van der Waals surface area contributed by atoms with Crippen molar-refractivity contribution in [1.29, 1.82) is 0 Å². The Kier molecular flexibility index (Phi) is 5.99. The molecule has 0 spiro atoms. The summed E-state index contributed by atoms with van der Waals surface area (Å²) in [7, 11) is 1.30. The van der Waals surface area contributed by atoms with Crippen molar-refractivity contribution in [1.82, 2.24) is 0 Å². The molecule has 20 heavy (non-hydrogen) atoms. The van der Waals surface area contributed by atoms with Crippen molar-refractivity contribution >= 4 is 11.9 Å². The average Bonchev–Trinajstić information content (AvgIpc) is 2.45. The van der Waals surface area contributed by atoms with E-state index in [1.54, 1.807) is 6.07 Å². The van der Waals surface area contributed by atoms with Crippen LogP contribution < -0.4 is 4.74 Å². The topological polar surface area (TPSA) is 93.1 Å². The minimum absolute atomic E-state index is 0.156. The van der Waals surface area contributed by atoms with E-state index in [9.17, 15) is 14.7 Å². The summed E-state index contributed by atoms with van der Waals surface area (Å²) >= 11 is 0. The molecule has 0 amide bonds. The first-order chi connectivity index (χ1) is 9.49. The third-order valence-corrected chi connectivity index (χ3v) is 2.76. The molecule has 1 aromatic carbocycles. The largest absolute Gasteiger partial charge is 0.494 e. The molecule has 0 aliphatic rings. The van der Waals surface area contributed by atoms with Crippen molar-refractivity contribution in [3.05, 3.63) is 29.3 Å². The average molecular weight is 282 g/mol. The van der Waals surface area contributed by atoms with Gasteiger partial charge in [0.15, 0.2) is 6.10 Å². The van der Waals surface area contributed by atoms with E-state index in [4.69, 9.17) is 9.84 Å². The van der Waals surface area contributed by atoms with Crippen molar-refractivity contribution < 1.29 is 29.3 Å². The number of carboxylic acid groups (broad SMARTS) is 1. The normalized spacial score (nSPS) is 11.8. The lowest BCUT2D eigenvalue weighted by Crippen LogP contribution is -2.11. The fourth-order valence-electron chi connectivity index (χ4n) is 1.74. The zero-order valence-corrected chi connectivity index (χ0v) is 11.5. The lowest BCUT2D eigenvalue weighted by Gasteiger charge is -2.13. The second-order valence-corrected chi connectivity index (χ2v) is 4.12. The van der Waals surface area contributed by atoms with E-state index in [1.165, 1.54) is 19.2 Å². The fraction of sp³-hybridized carbons (Fsp3) is 0.429. The molecular weight excluding hydrogens is 264 g/mol. The Morgan fingerprint density at radius 1 is 1.35 bits per heavy atom. The van der Waals surface area contributed by atoms with E-state index < -0.39 is 12.1 Å². The maximum Gasteiger partial charge on any atom is 0.337 e. The van der Waals surface area contributed by atoms with Crippen LogP contribution in [-0.4, -0.2) is 35.9 Å². The van der Waals surface area contributed by atoms with E-state index in [1.807, 2.05) is 6.92 Å². The first-order valence-corrected chi connectivity index (χ1v) is 6.22. The van der Waals surface area contributed by atoms with Gasteiger partial charge >= 0.3 is 11.9 Å². The second kappa shape index (κ2) is 7.49. The van der Waals surface area contributed by atoms with Gasteiger partial charge in [-0.15, -0.1) is 0 Å². The zero-order chi connectivity index (χ0) is 15.1. The molecule has 0 heterocycles. The fourth-order valence-corrected chi connectivity index (χ4v) is 1.74. The van der Waals surface area contributed by atoms with E-state index in [-0.39, 0.29) is 18.0 Å². The Bertz CT molecular complexity index is 483. The van der Waals surface area contributed by atoms with Crippen LogP contribution in [0.15, 0.2) is 18.2 Å². The third kappa shape index (κ3) is 4.24. The van der Waals surface area contributed by atoms with Crippen LogP contribution in [0.5, 0.6) is 5.75 Å². The number of aliphatic carboxylic acids is 1. The molecule has 0 aromatic heterocycles. The molecule has 1 atom stereocenters. The van der Waals surface area contributed by atoms with Gasteiger partial charge in [-0.05, 0) is 36.6 Å². The third-order valence-electron chi connectivity index (χ3n) is 2.76. The van der Waals surface area contributed by atoms with Crippen molar-refractivity contribution in [3.8, 4) is 5.75 Å². The van der Waals surface area contributed by atoms with Gasteiger partial charge in [-0.1, -0.05) is 6.07 Å². The summed E-state index contributed by atoms with van der Waals surface area (Å²) in [4.78, 5) is 22.0. The second-order valence-electron chi connectivity index (χ2n) is 4.12. The molecule has 6 heteroatoms. The maximum atomic E-state index is 11.2. The molecule has 0 radical (unpaired) electrons. The highest BCUT2D eigenvalue weighted by Gasteiger charge is 2.18. The van der Waals surface area contributed by atoms with Crippen LogP contribution in [0.25, 0.3) is 0 Å². The van der Waals surface area contributed by atoms with Gasteiger partial charge in [0.1, 0.15) is 5.75 Å². The number of hydrogen-bond acceptors (Lipinski definition) is 5. The molecule has 0 saturated heterocycles. The highest BCUT2D eigenvalue weighted by molar-refractivity contribution is 5.74. The standard InChI is InChI=1S/C14H18O6/c1-3-20-11-6-4-10(13(16)14(17)18)8-9(11)5-7-12(15)19-2/h4,6,8,13,16H,3,5,7H2,1-2H3,(H,17,18). The number of hydrogen-bond donors (Lipinski definition) is 2. The van der Waals surface area contributed by atoms with Gasteiger partial charge in [-0.2, -0.15) is 0 Å². The number of aryl methyl sites for hydroxylation is 1. The van der Waals surface area contributed by atoms with Gasteiger partial charge in [0.2, 0.25) is 0 Å². The lowest BCUT2D eigenvalue weighted by molar-refractivity contribution is -0.147. The highest BCUT2D eigenvalue weighted by Crippen LogP contribution is 2.25. The summed E-state index contributed by atoms with van der Waals surface area (Å²) in [6.45, 7) is 2.27. The van der Waals surface area contributed by atoms with Crippen LogP contribution >= 0.6 is 0 Å². The van der Waals surface area contributed by atoms with Crippen molar-refractivity contribution in [2.24, 2.45) is 0 Å². The van der Waals surface area contributed by atoms with E-state index in [0.29, 0.717) is 24.3 Å². The molecular formula is C14H18O6. The number of carboxylic acids is 1. The molecule has 0 fully saturated rings. The van der Waals surface area contributed by atoms with Gasteiger partial charge in [0.05, 0.1) is 13.7 Å². The van der Waals surface area contributed by atoms with Gasteiger partial charge < -0.3 is 19.7 Å². The predicted octanol–water partition coefficient (Wildman–Crippen LogP) is 1.31. The van der Waals surface area contributed by atoms with Crippen molar-refractivity contribution in [2.45, 2.75) is 25.9 Å². The first kappa shape index (κ1) is 16.0. The molecule has 110 valence electrons. The van der Waals surface area contributed by atoms with E-state index >= 15 is 0 Å². The number of rotatable bonds is 7. The van der Waals surface area contributed by atoms with Gasteiger partial charge in [-0.3, -0.25) is 4.79 Å². The van der Waals surface area contributed by atoms with Crippen molar-refractivity contribution in [3.63, 3.8) is 0 Å². The molecule has 1 unspecified atom stereocenters. The smallest absolute Gasteiger partial charge is 0.337 e. The predicted molar refractivity (Wildman–Crippen MR) is 70.5 cm³/mol. The van der Waals surface area contributed by atoms with Gasteiger partial charge in [0, 0.05) is 6.42 Å². The molecule has 0 aliphatic heterocycles. The quantitative estimate of drug-likeness (QED) is 0.732. The monoisotopic (exact) mass is 282 g/mol. The molecule has 0 bridgehead atoms. The Morgan fingerprint density at radius 3 is 2.60 bits per heavy atom. The number of aliphatic hydroxyl groups is 1. The van der Waals surface area contributed by atoms with Crippen LogP contribution in [0.3, 0.4) is 0 Å². The molecule has 1 aromatic rings. The van der Waals surface area contributed by atoms with Gasteiger partial charge in [0.25, 0.3) is 0 Å². The Labute approximate surface area is 116 Å². The van der Waals surface area contributed by atoms with E-state index in [0.717, 1.165) is 0 Å². The Hall–Kier alpha value is -2.08. The number of aliphatic hydroxyl groups excluding tert-OH is 1. The van der Waals surface area contributed by atoms with Crippen LogP contribution in [0.4, 0.5) is 0 Å². The lowest BCUT2D eigenvalue weighted by atomic mass is 10.0. The van der Waals surface area contributed by atoms with Crippen molar-refractivity contribution in [2.75, 3.05) is 13.7 Å². The molecule has 6 nitrogen and oxygen atoms in total. The maximum absolute atomic E-state index is 11.2. The van der Waals surface area contributed by atoms with Crippen LogP contribution in [-0.2, 0) is 20.7 Å². The summed E-state index contributed by atoms with van der Waals surface area (Å²) < 4.78 is 9.98. The molecule has 2 N–H and O–H groups in total. The summed E-state index contributed by atoms with van der Waals surface area (Å²) in [5, 5.41) is 18.3. The summed E-state index contributed by atoms with van der Waals surface area (Å²) in [6, 6.07) is 4.62. The van der Waals surface area contributed by atoms with Crippen LogP contribution in [0.1, 0.15) is 30.6 Å². The number of benzene rings is 1. The number of carbonyl (C=O) groups excluding carboxylic acids is 1. The zero-order valence-electron chi connectivity index (χ0n) is 11.5. The minimum Gasteiger partial charge on any atom is -0.494 e. The first-order valence-electron chi connectivity index (χ1n) is 6.22. The summed E-state index contributed by atoms with van der Waals surface area (Å²) in [6.07, 6.45) is -1.09.